The van der Waals surface area contributed by atoms with Crippen LogP contribution in [0.4, 0.5) is 0 Å². The van der Waals surface area contributed by atoms with E-state index in [1.165, 1.54) is 11.0 Å². The van der Waals surface area contributed by atoms with Crippen LogP contribution in [0.1, 0.15) is 16.8 Å². The fraction of sp³-hybridized carbons (Fsp3) is 0.158. The summed E-state index contributed by atoms with van der Waals surface area (Å²) >= 11 is 0. The van der Waals surface area contributed by atoms with Crippen molar-refractivity contribution in [3.05, 3.63) is 83.7 Å². The molecular formula is C19H18N4O2. The van der Waals surface area contributed by atoms with Crippen molar-refractivity contribution in [3.63, 3.8) is 0 Å². The Morgan fingerprint density at radius 1 is 0.880 bits per heavy atom. The molecule has 6 nitrogen and oxygen atoms in total. The molecule has 25 heavy (non-hydrogen) atoms. The fourth-order valence-corrected chi connectivity index (χ4v) is 2.52. The van der Waals surface area contributed by atoms with Gasteiger partial charge < -0.3 is 0 Å². The van der Waals surface area contributed by atoms with E-state index in [4.69, 9.17) is 0 Å². The third kappa shape index (κ3) is 3.98. The van der Waals surface area contributed by atoms with Crippen LogP contribution in [-0.4, -0.2) is 26.9 Å². The Morgan fingerprint density at radius 3 is 1.76 bits per heavy atom. The Morgan fingerprint density at radius 2 is 1.36 bits per heavy atom. The van der Waals surface area contributed by atoms with Gasteiger partial charge in [-0.25, -0.2) is 0 Å². The van der Waals surface area contributed by atoms with Crippen LogP contribution in [-0.2, 0) is 22.4 Å². The van der Waals surface area contributed by atoms with E-state index in [0.29, 0.717) is 5.69 Å². The number of nitrogens with zero attached hydrogens (tertiary/aromatic N) is 4. The van der Waals surface area contributed by atoms with Gasteiger partial charge in [0.2, 0.25) is 0 Å². The van der Waals surface area contributed by atoms with Crippen molar-refractivity contribution in [2.45, 2.75) is 19.8 Å². The molecule has 0 bridgehead atoms. The Balaban J connectivity index is 1.86. The zero-order chi connectivity index (χ0) is 17.6. The lowest BCUT2D eigenvalue weighted by Crippen LogP contribution is -2.48. The summed E-state index contributed by atoms with van der Waals surface area (Å²) in [6.45, 7) is 1.75. The molecule has 2 aromatic carbocycles. The third-order valence-electron chi connectivity index (χ3n) is 3.75. The van der Waals surface area contributed by atoms with Gasteiger partial charge in [-0.05, 0) is 23.3 Å². The van der Waals surface area contributed by atoms with E-state index in [0.717, 1.165) is 16.1 Å². The van der Waals surface area contributed by atoms with E-state index in [2.05, 4.69) is 10.3 Å². The second-order valence-corrected chi connectivity index (χ2v) is 5.69. The van der Waals surface area contributed by atoms with E-state index in [-0.39, 0.29) is 24.7 Å². The minimum atomic E-state index is -0.347. The molecule has 1 aromatic heterocycles. The molecule has 0 N–H and O–H groups in total. The first-order valence-corrected chi connectivity index (χ1v) is 7.96. The van der Waals surface area contributed by atoms with E-state index in [1.807, 2.05) is 60.7 Å². The van der Waals surface area contributed by atoms with E-state index < -0.39 is 0 Å². The molecule has 0 aliphatic heterocycles. The Bertz CT molecular complexity index is 806. The molecule has 0 fully saturated rings. The molecule has 0 saturated heterocycles. The highest BCUT2D eigenvalue weighted by Gasteiger charge is 2.25. The van der Waals surface area contributed by atoms with Crippen molar-refractivity contribution in [1.29, 1.82) is 0 Å². The van der Waals surface area contributed by atoms with Gasteiger partial charge in [-0.15, -0.1) is 9.89 Å². The van der Waals surface area contributed by atoms with Gasteiger partial charge in [0.1, 0.15) is 0 Å². The van der Waals surface area contributed by atoms with Gasteiger partial charge in [0.25, 0.3) is 11.8 Å². The summed E-state index contributed by atoms with van der Waals surface area (Å²) in [4.78, 5) is 26.9. The maximum atomic E-state index is 12.8. The van der Waals surface area contributed by atoms with Gasteiger partial charge in [0.15, 0.2) is 0 Å². The lowest BCUT2D eigenvalue weighted by molar-refractivity contribution is -0.128. The van der Waals surface area contributed by atoms with Crippen molar-refractivity contribution in [1.82, 2.24) is 15.1 Å². The largest absolute Gasteiger partial charge is 0.272 e. The van der Waals surface area contributed by atoms with Gasteiger partial charge in [0, 0.05) is 0 Å². The molecule has 0 saturated carbocycles. The van der Waals surface area contributed by atoms with Crippen molar-refractivity contribution in [3.8, 4) is 0 Å². The molecule has 126 valence electrons. The monoisotopic (exact) mass is 334 g/mol. The Labute approximate surface area is 145 Å². The number of hydrogen-bond acceptors (Lipinski definition) is 4. The van der Waals surface area contributed by atoms with Crippen LogP contribution < -0.4 is 5.01 Å². The highest BCUT2D eigenvalue weighted by atomic mass is 16.2. The number of imide groups is 1. The van der Waals surface area contributed by atoms with E-state index in [1.54, 1.807) is 6.92 Å². The van der Waals surface area contributed by atoms with Crippen LogP contribution in [0.15, 0.2) is 66.9 Å². The first-order valence-electron chi connectivity index (χ1n) is 7.96. The summed E-state index contributed by atoms with van der Waals surface area (Å²) in [7, 11) is 0. The quantitative estimate of drug-likeness (QED) is 0.716. The minimum absolute atomic E-state index is 0.112. The van der Waals surface area contributed by atoms with Crippen molar-refractivity contribution >= 4 is 11.8 Å². The predicted molar refractivity (Wildman–Crippen MR) is 93.3 cm³/mol. The van der Waals surface area contributed by atoms with Gasteiger partial charge >= 0.3 is 0 Å². The highest BCUT2D eigenvalue weighted by Crippen LogP contribution is 2.08. The molecule has 2 amide bonds. The zero-order valence-electron chi connectivity index (χ0n) is 13.9. The molecular weight excluding hydrogens is 316 g/mol. The molecule has 3 aromatic rings. The number of aryl methyl sites for hydroxylation is 1. The number of amides is 2. The van der Waals surface area contributed by atoms with Crippen molar-refractivity contribution in [2.24, 2.45) is 0 Å². The topological polar surface area (TPSA) is 68.1 Å². The van der Waals surface area contributed by atoms with Crippen molar-refractivity contribution < 1.29 is 9.59 Å². The Kier molecular flexibility index (Phi) is 4.99. The second kappa shape index (κ2) is 7.53. The van der Waals surface area contributed by atoms with Crippen LogP contribution in [0.25, 0.3) is 0 Å². The summed E-state index contributed by atoms with van der Waals surface area (Å²) in [5.74, 6) is -0.693. The lowest BCUT2D eigenvalue weighted by atomic mass is 10.1. The number of hydrogen-bond donors (Lipinski definition) is 0. The summed E-state index contributed by atoms with van der Waals surface area (Å²) in [6, 6.07) is 18.6. The predicted octanol–water partition coefficient (Wildman–Crippen LogP) is 2.06. The van der Waals surface area contributed by atoms with E-state index in [9.17, 15) is 9.59 Å². The first kappa shape index (κ1) is 16.6. The van der Waals surface area contributed by atoms with Gasteiger partial charge in [0.05, 0.1) is 24.7 Å². The lowest BCUT2D eigenvalue weighted by Gasteiger charge is -2.21. The SMILES string of the molecule is Cc1cnnn1N(C(=O)Cc1ccccc1)C(=O)Cc1ccccc1. The molecule has 0 unspecified atom stereocenters. The number of aromatic nitrogens is 3. The number of rotatable bonds is 5. The number of carbonyl (C=O) groups is 2. The average Bonchev–Trinajstić information content (AvgIpc) is 3.02. The third-order valence-corrected chi connectivity index (χ3v) is 3.75. The van der Waals surface area contributed by atoms with Crippen molar-refractivity contribution in [2.75, 3.05) is 5.01 Å². The Hall–Kier alpha value is -3.28. The van der Waals surface area contributed by atoms with Gasteiger partial charge in [-0.3, -0.25) is 9.59 Å². The molecule has 0 atom stereocenters. The van der Waals surface area contributed by atoms with Crippen LogP contribution in [0.3, 0.4) is 0 Å². The number of benzene rings is 2. The number of carbonyl (C=O) groups excluding carboxylic acids is 2. The molecule has 3 rings (SSSR count). The molecule has 6 heteroatoms. The molecule has 0 radical (unpaired) electrons. The molecule has 0 aliphatic rings. The molecule has 0 spiro atoms. The smallest absolute Gasteiger partial charge is 0.254 e. The summed E-state index contributed by atoms with van der Waals surface area (Å²) in [5.41, 5.74) is 2.29. The first-order chi connectivity index (χ1) is 12.1. The normalized spacial score (nSPS) is 10.4. The zero-order valence-corrected chi connectivity index (χ0v) is 13.9. The average molecular weight is 334 g/mol. The van der Waals surface area contributed by atoms with Crippen LogP contribution >= 0.6 is 0 Å². The summed E-state index contributed by atoms with van der Waals surface area (Å²) < 4.78 is 0. The van der Waals surface area contributed by atoms with Gasteiger partial charge in [-0.2, -0.15) is 5.01 Å². The maximum Gasteiger partial charge on any atom is 0.254 e. The van der Waals surface area contributed by atoms with Crippen LogP contribution in [0, 0.1) is 6.92 Å². The van der Waals surface area contributed by atoms with Crippen LogP contribution in [0.5, 0.6) is 0 Å². The minimum Gasteiger partial charge on any atom is -0.272 e. The summed E-state index contributed by atoms with van der Waals surface area (Å²) in [6.07, 6.45) is 1.74. The van der Waals surface area contributed by atoms with E-state index >= 15 is 0 Å². The highest BCUT2D eigenvalue weighted by molar-refractivity contribution is 6.09. The second-order valence-electron chi connectivity index (χ2n) is 5.69. The van der Waals surface area contributed by atoms with Crippen LogP contribution in [0.2, 0.25) is 0 Å². The molecule has 1 heterocycles. The molecule has 0 aliphatic carbocycles. The maximum absolute atomic E-state index is 12.8. The standard InChI is InChI=1S/C19H18N4O2/c1-15-14-20-21-23(15)22(18(24)12-16-8-4-2-5-9-16)19(25)13-17-10-6-3-7-11-17/h2-11,14H,12-13H2,1H3. The fourth-order valence-electron chi connectivity index (χ4n) is 2.52. The van der Waals surface area contributed by atoms with Gasteiger partial charge in [-0.1, -0.05) is 60.7 Å². The summed E-state index contributed by atoms with van der Waals surface area (Å²) in [5, 5.41) is 8.75.